The summed E-state index contributed by atoms with van der Waals surface area (Å²) in [4.78, 5) is 11.8. The SMILES string of the molecule is CC(C)COC(=O)NC1(C(=N)N)CCCCCC1. The fourth-order valence-corrected chi connectivity index (χ4v) is 2.27. The van der Waals surface area contributed by atoms with Gasteiger partial charge in [0.25, 0.3) is 0 Å². The summed E-state index contributed by atoms with van der Waals surface area (Å²) in [5.41, 5.74) is 5.00. The van der Waals surface area contributed by atoms with E-state index >= 15 is 0 Å². The number of hydrogen-bond donors (Lipinski definition) is 3. The predicted molar refractivity (Wildman–Crippen MR) is 71.7 cm³/mol. The molecule has 0 unspecified atom stereocenters. The molecule has 0 aromatic carbocycles. The number of ether oxygens (including phenoxy) is 1. The summed E-state index contributed by atoms with van der Waals surface area (Å²) in [6.07, 6.45) is 5.27. The lowest BCUT2D eigenvalue weighted by Gasteiger charge is -2.32. The maximum atomic E-state index is 11.8. The molecule has 0 saturated heterocycles. The average molecular weight is 255 g/mol. The average Bonchev–Trinajstić information content (AvgIpc) is 2.53. The Hall–Kier alpha value is -1.26. The van der Waals surface area contributed by atoms with Crippen LogP contribution in [0.5, 0.6) is 0 Å². The molecule has 5 nitrogen and oxygen atoms in total. The summed E-state index contributed by atoms with van der Waals surface area (Å²) in [5.74, 6) is 0.351. The Morgan fingerprint density at radius 3 is 2.33 bits per heavy atom. The molecular weight excluding hydrogens is 230 g/mol. The minimum absolute atomic E-state index is 0.0471. The summed E-state index contributed by atoms with van der Waals surface area (Å²) < 4.78 is 5.12. The van der Waals surface area contributed by atoms with Crippen LogP contribution >= 0.6 is 0 Å². The van der Waals surface area contributed by atoms with Crippen molar-refractivity contribution in [1.82, 2.24) is 5.32 Å². The van der Waals surface area contributed by atoms with Gasteiger partial charge in [0, 0.05) is 0 Å². The van der Waals surface area contributed by atoms with Crippen LogP contribution in [0.4, 0.5) is 4.79 Å². The molecule has 5 heteroatoms. The molecular formula is C13H25N3O2. The molecule has 0 aromatic heterocycles. The minimum atomic E-state index is -0.690. The zero-order valence-electron chi connectivity index (χ0n) is 11.4. The van der Waals surface area contributed by atoms with Crippen LogP contribution in [-0.4, -0.2) is 24.1 Å². The number of amidine groups is 1. The van der Waals surface area contributed by atoms with E-state index in [2.05, 4.69) is 5.32 Å². The van der Waals surface area contributed by atoms with Gasteiger partial charge in [-0.15, -0.1) is 0 Å². The maximum Gasteiger partial charge on any atom is 0.407 e. The molecule has 0 radical (unpaired) electrons. The Morgan fingerprint density at radius 2 is 1.89 bits per heavy atom. The lowest BCUT2D eigenvalue weighted by Crippen LogP contribution is -2.57. The topological polar surface area (TPSA) is 88.2 Å². The van der Waals surface area contributed by atoms with Gasteiger partial charge in [0.2, 0.25) is 0 Å². The monoisotopic (exact) mass is 255 g/mol. The second-order valence-electron chi connectivity index (χ2n) is 5.53. The van der Waals surface area contributed by atoms with Crippen LogP contribution in [0.25, 0.3) is 0 Å². The molecule has 1 amide bonds. The van der Waals surface area contributed by atoms with Crippen molar-refractivity contribution in [2.24, 2.45) is 11.7 Å². The lowest BCUT2D eigenvalue weighted by atomic mass is 9.89. The molecule has 1 rings (SSSR count). The molecule has 4 N–H and O–H groups in total. The van der Waals surface area contributed by atoms with Gasteiger partial charge in [0.15, 0.2) is 0 Å². The summed E-state index contributed by atoms with van der Waals surface area (Å²) in [6, 6.07) is 0. The van der Waals surface area contributed by atoms with E-state index in [1.54, 1.807) is 0 Å². The third-order valence-electron chi connectivity index (χ3n) is 3.36. The molecule has 0 spiro atoms. The smallest absolute Gasteiger partial charge is 0.407 e. The van der Waals surface area contributed by atoms with Crippen molar-refractivity contribution in [3.05, 3.63) is 0 Å². The first-order chi connectivity index (χ1) is 8.46. The van der Waals surface area contributed by atoms with E-state index < -0.39 is 11.6 Å². The van der Waals surface area contributed by atoms with Gasteiger partial charge >= 0.3 is 6.09 Å². The molecule has 0 heterocycles. The number of nitrogens with two attached hydrogens (primary N) is 1. The van der Waals surface area contributed by atoms with Crippen LogP contribution in [0, 0.1) is 11.3 Å². The van der Waals surface area contributed by atoms with Crippen molar-refractivity contribution < 1.29 is 9.53 Å². The highest BCUT2D eigenvalue weighted by Crippen LogP contribution is 2.27. The van der Waals surface area contributed by atoms with Crippen molar-refractivity contribution in [2.75, 3.05) is 6.61 Å². The van der Waals surface area contributed by atoms with Crippen LogP contribution in [0.2, 0.25) is 0 Å². The Bertz CT molecular complexity index is 295. The Balaban J connectivity index is 2.61. The third-order valence-corrected chi connectivity index (χ3v) is 3.36. The van der Waals surface area contributed by atoms with E-state index in [4.69, 9.17) is 15.9 Å². The van der Waals surface area contributed by atoms with Crippen LogP contribution in [0.1, 0.15) is 52.4 Å². The number of carbonyl (C=O) groups is 1. The maximum absolute atomic E-state index is 11.8. The Morgan fingerprint density at radius 1 is 1.33 bits per heavy atom. The van der Waals surface area contributed by atoms with Gasteiger partial charge < -0.3 is 15.8 Å². The van der Waals surface area contributed by atoms with Crippen molar-refractivity contribution in [2.45, 2.75) is 57.9 Å². The van der Waals surface area contributed by atoms with Crippen LogP contribution in [-0.2, 0) is 4.74 Å². The molecule has 0 bridgehead atoms. The first-order valence-electron chi connectivity index (χ1n) is 6.76. The van der Waals surface area contributed by atoms with Crippen molar-refractivity contribution in [3.63, 3.8) is 0 Å². The molecule has 104 valence electrons. The van der Waals surface area contributed by atoms with E-state index in [1.807, 2.05) is 13.8 Å². The van der Waals surface area contributed by atoms with Gasteiger partial charge in [0.05, 0.1) is 12.1 Å². The normalized spacial score (nSPS) is 19.1. The molecule has 0 aromatic rings. The highest BCUT2D eigenvalue weighted by atomic mass is 16.5. The molecule has 0 aliphatic heterocycles. The fraction of sp³-hybridized carbons (Fsp3) is 0.846. The number of nitrogens with one attached hydrogen (secondary N) is 2. The first kappa shape index (κ1) is 14.8. The largest absolute Gasteiger partial charge is 0.449 e. The van der Waals surface area contributed by atoms with Crippen LogP contribution in [0.15, 0.2) is 0 Å². The highest BCUT2D eigenvalue weighted by Gasteiger charge is 2.36. The fourth-order valence-electron chi connectivity index (χ4n) is 2.27. The predicted octanol–water partition coefficient (Wildman–Crippen LogP) is 2.40. The van der Waals surface area contributed by atoms with Crippen molar-refractivity contribution in [1.29, 1.82) is 5.41 Å². The number of amides is 1. The van der Waals surface area contributed by atoms with Gasteiger partial charge in [0.1, 0.15) is 5.84 Å². The number of carbonyl (C=O) groups excluding carboxylic acids is 1. The molecule has 1 aliphatic rings. The van der Waals surface area contributed by atoms with Crippen LogP contribution < -0.4 is 11.1 Å². The highest BCUT2D eigenvalue weighted by molar-refractivity contribution is 5.90. The summed E-state index contributed by atoms with van der Waals surface area (Å²) in [5, 5.41) is 10.6. The first-order valence-corrected chi connectivity index (χ1v) is 6.76. The molecule has 1 saturated carbocycles. The molecule has 0 atom stereocenters. The van der Waals surface area contributed by atoms with Crippen molar-refractivity contribution in [3.8, 4) is 0 Å². The quantitative estimate of drug-likeness (QED) is 0.409. The van der Waals surface area contributed by atoms with E-state index in [1.165, 1.54) is 0 Å². The zero-order chi connectivity index (χ0) is 13.6. The van der Waals surface area contributed by atoms with E-state index in [0.29, 0.717) is 12.5 Å². The van der Waals surface area contributed by atoms with E-state index in [0.717, 1.165) is 38.5 Å². The van der Waals surface area contributed by atoms with Gasteiger partial charge in [-0.3, -0.25) is 5.41 Å². The van der Waals surface area contributed by atoms with Gasteiger partial charge in [-0.05, 0) is 18.8 Å². The summed E-state index contributed by atoms with van der Waals surface area (Å²) in [6.45, 7) is 4.36. The standard InChI is InChI=1S/C13H25N3O2/c1-10(2)9-18-12(17)16-13(11(14)15)7-5-3-4-6-8-13/h10H,3-9H2,1-2H3,(H3,14,15)(H,16,17). The number of alkyl carbamates (subject to hydrolysis) is 1. The van der Waals surface area contributed by atoms with Gasteiger partial charge in [-0.1, -0.05) is 39.5 Å². The van der Waals surface area contributed by atoms with E-state index in [-0.39, 0.29) is 5.84 Å². The molecule has 18 heavy (non-hydrogen) atoms. The van der Waals surface area contributed by atoms with Crippen molar-refractivity contribution >= 4 is 11.9 Å². The van der Waals surface area contributed by atoms with Gasteiger partial charge in [-0.25, -0.2) is 4.79 Å². The second kappa shape index (κ2) is 6.61. The van der Waals surface area contributed by atoms with Gasteiger partial charge in [-0.2, -0.15) is 0 Å². The molecule has 1 fully saturated rings. The minimum Gasteiger partial charge on any atom is -0.449 e. The second-order valence-corrected chi connectivity index (χ2v) is 5.53. The Labute approximate surface area is 109 Å². The summed E-state index contributed by atoms with van der Waals surface area (Å²) in [7, 11) is 0. The molecule has 1 aliphatic carbocycles. The summed E-state index contributed by atoms with van der Waals surface area (Å²) >= 11 is 0. The zero-order valence-corrected chi connectivity index (χ0v) is 11.4. The number of hydrogen-bond acceptors (Lipinski definition) is 3. The third kappa shape index (κ3) is 4.20. The lowest BCUT2D eigenvalue weighted by molar-refractivity contribution is 0.124. The van der Waals surface area contributed by atoms with E-state index in [9.17, 15) is 4.79 Å². The van der Waals surface area contributed by atoms with Crippen LogP contribution in [0.3, 0.4) is 0 Å². The Kier molecular flexibility index (Phi) is 5.44. The number of rotatable bonds is 4.